The number of carbonyl (C=O) groups is 2. The lowest BCUT2D eigenvalue weighted by molar-refractivity contribution is -0.143. The molecule has 0 saturated heterocycles. The number of nitrogens with one attached hydrogen (secondary N) is 1. The summed E-state index contributed by atoms with van der Waals surface area (Å²) in [6, 6.07) is 14.2. The Bertz CT molecular complexity index is 827. The highest BCUT2D eigenvalue weighted by molar-refractivity contribution is 14.1. The zero-order valence-corrected chi connectivity index (χ0v) is 19.7. The Labute approximate surface area is 190 Å². The van der Waals surface area contributed by atoms with Gasteiger partial charge in [0, 0.05) is 21.2 Å². The summed E-state index contributed by atoms with van der Waals surface area (Å²) in [4.78, 5) is 27.4. The highest BCUT2D eigenvalue weighted by atomic mass is 127. The lowest BCUT2D eigenvalue weighted by Gasteiger charge is -2.31. The van der Waals surface area contributed by atoms with E-state index in [4.69, 9.17) is 16.3 Å². The molecule has 2 amide bonds. The molecular weight excluding hydrogens is 503 g/mol. The van der Waals surface area contributed by atoms with Gasteiger partial charge in [-0.3, -0.25) is 9.59 Å². The fourth-order valence-electron chi connectivity index (χ4n) is 2.87. The van der Waals surface area contributed by atoms with Crippen LogP contribution in [-0.2, 0) is 16.1 Å². The van der Waals surface area contributed by atoms with Crippen molar-refractivity contribution in [2.75, 3.05) is 6.61 Å². The predicted molar refractivity (Wildman–Crippen MR) is 124 cm³/mol. The summed E-state index contributed by atoms with van der Waals surface area (Å²) >= 11 is 8.51. The van der Waals surface area contributed by atoms with Crippen molar-refractivity contribution < 1.29 is 14.3 Å². The number of hydrogen-bond donors (Lipinski definition) is 1. The van der Waals surface area contributed by atoms with Crippen molar-refractivity contribution in [2.45, 2.75) is 45.8 Å². The van der Waals surface area contributed by atoms with Crippen LogP contribution in [0, 0.1) is 3.57 Å². The molecule has 0 heterocycles. The highest BCUT2D eigenvalue weighted by Crippen LogP contribution is 2.20. The molecule has 5 nitrogen and oxygen atoms in total. The van der Waals surface area contributed by atoms with Crippen molar-refractivity contribution in [3.05, 3.63) is 62.7 Å². The van der Waals surface area contributed by atoms with Crippen LogP contribution in [0.5, 0.6) is 5.75 Å². The summed E-state index contributed by atoms with van der Waals surface area (Å²) in [5.74, 6) is 0.155. The van der Waals surface area contributed by atoms with Crippen molar-refractivity contribution >= 4 is 46.0 Å². The third-order valence-corrected chi connectivity index (χ3v) is 5.38. The fourth-order valence-corrected chi connectivity index (χ4v) is 3.42. The molecule has 0 saturated carbocycles. The van der Waals surface area contributed by atoms with Crippen molar-refractivity contribution in [3.8, 4) is 5.75 Å². The second-order valence-corrected chi connectivity index (χ2v) is 8.60. The average molecular weight is 529 g/mol. The first-order valence-corrected chi connectivity index (χ1v) is 11.0. The predicted octanol–water partition coefficient (Wildman–Crippen LogP) is 4.66. The molecule has 0 radical (unpaired) electrons. The first-order chi connectivity index (χ1) is 13.8. The molecule has 0 aliphatic heterocycles. The quantitative estimate of drug-likeness (QED) is 0.482. The van der Waals surface area contributed by atoms with Crippen molar-refractivity contribution in [2.24, 2.45) is 0 Å². The molecule has 0 aliphatic carbocycles. The van der Waals surface area contributed by atoms with E-state index < -0.39 is 6.04 Å². The summed E-state index contributed by atoms with van der Waals surface area (Å²) in [6.07, 6.45) is 0.484. The van der Waals surface area contributed by atoms with Gasteiger partial charge < -0.3 is 15.0 Å². The van der Waals surface area contributed by atoms with Gasteiger partial charge in [0.2, 0.25) is 5.91 Å². The van der Waals surface area contributed by atoms with Crippen LogP contribution in [0.2, 0.25) is 5.02 Å². The Balaban J connectivity index is 2.21. The molecule has 0 fully saturated rings. The lowest BCUT2D eigenvalue weighted by Crippen LogP contribution is -2.51. The molecule has 2 rings (SSSR count). The first-order valence-electron chi connectivity index (χ1n) is 9.53. The fraction of sp³-hybridized carbons (Fsp3) is 0.364. The maximum Gasteiger partial charge on any atom is 0.261 e. The molecular formula is C22H26ClIN2O3. The number of benzene rings is 2. The number of amides is 2. The minimum Gasteiger partial charge on any atom is -0.484 e. The number of carbonyl (C=O) groups excluding carboxylic acids is 2. The van der Waals surface area contributed by atoms with E-state index >= 15 is 0 Å². The molecule has 0 bridgehead atoms. The topological polar surface area (TPSA) is 58.6 Å². The maximum atomic E-state index is 13.1. The molecule has 1 atom stereocenters. The van der Waals surface area contributed by atoms with Crippen LogP contribution >= 0.6 is 34.2 Å². The van der Waals surface area contributed by atoms with E-state index in [1.54, 1.807) is 11.0 Å². The standard InChI is InChI=1S/C22H26ClIN2O3/c1-4-20(22(28)25-15(2)3)26(13-16-7-5-6-8-19(16)23)21(27)14-29-18-11-9-17(24)10-12-18/h5-12,15,20H,4,13-14H2,1-3H3,(H,25,28). The molecule has 0 aromatic heterocycles. The van der Waals surface area contributed by atoms with Crippen LogP contribution in [0.1, 0.15) is 32.8 Å². The van der Waals surface area contributed by atoms with Crippen LogP contribution in [0.25, 0.3) is 0 Å². The molecule has 1 N–H and O–H groups in total. The van der Waals surface area contributed by atoms with E-state index in [2.05, 4.69) is 27.9 Å². The molecule has 0 spiro atoms. The number of nitrogens with zero attached hydrogens (tertiary/aromatic N) is 1. The molecule has 2 aromatic rings. The van der Waals surface area contributed by atoms with Crippen LogP contribution in [0.15, 0.2) is 48.5 Å². The summed E-state index contributed by atoms with van der Waals surface area (Å²) in [5.41, 5.74) is 0.785. The molecule has 7 heteroatoms. The number of halogens is 2. The minimum absolute atomic E-state index is 0.0168. The zero-order valence-electron chi connectivity index (χ0n) is 16.8. The van der Waals surface area contributed by atoms with E-state index in [0.29, 0.717) is 17.2 Å². The van der Waals surface area contributed by atoms with Crippen LogP contribution < -0.4 is 10.1 Å². The van der Waals surface area contributed by atoms with Crippen molar-refractivity contribution in [1.82, 2.24) is 10.2 Å². The Morgan fingerprint density at radius 2 is 1.79 bits per heavy atom. The van der Waals surface area contributed by atoms with E-state index in [1.165, 1.54) is 0 Å². The smallest absolute Gasteiger partial charge is 0.261 e. The van der Waals surface area contributed by atoms with E-state index in [-0.39, 0.29) is 31.0 Å². The summed E-state index contributed by atoms with van der Waals surface area (Å²) in [5, 5.41) is 3.46. The number of ether oxygens (including phenoxy) is 1. The van der Waals surface area contributed by atoms with Crippen LogP contribution in [-0.4, -0.2) is 35.4 Å². The van der Waals surface area contributed by atoms with Gasteiger partial charge in [0.1, 0.15) is 11.8 Å². The Morgan fingerprint density at radius 3 is 2.38 bits per heavy atom. The largest absolute Gasteiger partial charge is 0.484 e. The number of rotatable bonds is 9. The Morgan fingerprint density at radius 1 is 1.14 bits per heavy atom. The van der Waals surface area contributed by atoms with E-state index in [1.807, 2.05) is 63.2 Å². The Hall–Kier alpha value is -1.80. The van der Waals surface area contributed by atoms with Crippen molar-refractivity contribution in [1.29, 1.82) is 0 Å². The van der Waals surface area contributed by atoms with Gasteiger partial charge in [0.05, 0.1) is 0 Å². The summed E-state index contributed by atoms with van der Waals surface area (Å²) in [7, 11) is 0. The summed E-state index contributed by atoms with van der Waals surface area (Å²) < 4.78 is 6.75. The lowest BCUT2D eigenvalue weighted by atomic mass is 10.1. The van der Waals surface area contributed by atoms with Gasteiger partial charge in [-0.1, -0.05) is 36.7 Å². The van der Waals surface area contributed by atoms with Crippen LogP contribution in [0.4, 0.5) is 0 Å². The third kappa shape index (κ3) is 7.19. The molecule has 156 valence electrons. The number of hydrogen-bond acceptors (Lipinski definition) is 3. The van der Waals surface area contributed by atoms with Gasteiger partial charge in [-0.15, -0.1) is 0 Å². The van der Waals surface area contributed by atoms with E-state index in [9.17, 15) is 9.59 Å². The second kappa shape index (κ2) is 11.4. The minimum atomic E-state index is -0.610. The van der Waals surface area contributed by atoms with Crippen LogP contribution in [0.3, 0.4) is 0 Å². The van der Waals surface area contributed by atoms with Crippen molar-refractivity contribution in [3.63, 3.8) is 0 Å². The molecule has 0 aliphatic rings. The first kappa shape index (κ1) is 23.5. The van der Waals surface area contributed by atoms with Gasteiger partial charge >= 0.3 is 0 Å². The zero-order chi connectivity index (χ0) is 21.4. The SMILES string of the molecule is CCC(C(=O)NC(C)C)N(Cc1ccccc1Cl)C(=O)COc1ccc(I)cc1. The van der Waals surface area contributed by atoms with Gasteiger partial charge in [-0.25, -0.2) is 0 Å². The van der Waals surface area contributed by atoms with Gasteiger partial charge in [0.25, 0.3) is 5.91 Å². The summed E-state index contributed by atoms with van der Waals surface area (Å²) in [6.45, 7) is 5.75. The monoisotopic (exact) mass is 528 g/mol. The van der Waals surface area contributed by atoms with Gasteiger partial charge in [-0.05, 0) is 78.8 Å². The molecule has 2 aromatic carbocycles. The third-order valence-electron chi connectivity index (χ3n) is 4.29. The van der Waals surface area contributed by atoms with Gasteiger partial charge in [-0.2, -0.15) is 0 Å². The Kier molecular flexibility index (Phi) is 9.23. The normalized spacial score (nSPS) is 11.8. The maximum absolute atomic E-state index is 13.1. The molecule has 1 unspecified atom stereocenters. The average Bonchev–Trinajstić information content (AvgIpc) is 2.68. The van der Waals surface area contributed by atoms with Gasteiger partial charge in [0.15, 0.2) is 6.61 Å². The molecule has 29 heavy (non-hydrogen) atoms. The highest BCUT2D eigenvalue weighted by Gasteiger charge is 2.29. The van der Waals surface area contributed by atoms with E-state index in [0.717, 1.165) is 9.13 Å². The second-order valence-electron chi connectivity index (χ2n) is 6.94.